The van der Waals surface area contributed by atoms with Crippen molar-refractivity contribution < 1.29 is 19.5 Å². The highest BCUT2D eigenvalue weighted by Gasteiger charge is 2.65. The van der Waals surface area contributed by atoms with Crippen LogP contribution in [0.15, 0.2) is 36.4 Å². The zero-order valence-electron chi connectivity index (χ0n) is 28.6. The second-order valence-electron chi connectivity index (χ2n) is 16.5. The van der Waals surface area contributed by atoms with Crippen LogP contribution in [0, 0.1) is 46.8 Å². The molecule has 0 radical (unpaired) electrons. The average Bonchev–Trinajstić information content (AvgIpc) is 3.70. The summed E-state index contributed by atoms with van der Waals surface area (Å²) in [5.74, 6) is 4.98. The highest BCUT2D eigenvalue weighted by atomic mass is 16.3. The van der Waals surface area contributed by atoms with Gasteiger partial charge in [0.1, 0.15) is 23.1 Å². The number of aromatic nitrogens is 1. The normalized spacial score (nSPS) is 39.8. The Morgan fingerprint density at radius 1 is 0.938 bits per heavy atom. The number of hydrogen-bond acceptors (Lipinski definition) is 6. The van der Waals surface area contributed by atoms with E-state index in [1.54, 1.807) is 11.0 Å². The number of hydrogen-bond donors (Lipinski definition) is 1. The Kier molecular flexibility index (Phi) is 7.76. The Labute approximate surface area is 284 Å². The second-order valence-corrected chi connectivity index (χ2v) is 16.5. The number of carbonyl (C=O) groups excluding carboxylic acids is 3. The van der Waals surface area contributed by atoms with Crippen LogP contribution in [-0.2, 0) is 9.59 Å². The third kappa shape index (κ3) is 4.78. The van der Waals surface area contributed by atoms with E-state index in [-0.39, 0.29) is 28.7 Å². The van der Waals surface area contributed by atoms with Crippen LogP contribution in [0.25, 0.3) is 10.9 Å². The number of piperazine rings is 1. The summed E-state index contributed by atoms with van der Waals surface area (Å²) in [6, 6.07) is 10.9. The second kappa shape index (κ2) is 11.7. The van der Waals surface area contributed by atoms with Crippen LogP contribution in [0.2, 0.25) is 0 Å². The first kappa shape index (κ1) is 32.0. The Bertz CT molecular complexity index is 1680. The number of Topliss-reactive ketones (excluding diaryl/α,β-unsaturated/α-hetero) is 1. The number of benzene rings is 1. The molecule has 8 heteroatoms. The van der Waals surface area contributed by atoms with E-state index in [4.69, 9.17) is 6.42 Å². The molecular weight excluding hydrogens is 600 g/mol. The van der Waals surface area contributed by atoms with E-state index < -0.39 is 11.6 Å². The molecule has 2 saturated heterocycles. The van der Waals surface area contributed by atoms with Gasteiger partial charge in [-0.05, 0) is 99.0 Å². The number of carbonyl (C=O) groups is 3. The number of rotatable bonds is 3. The first-order valence-electron chi connectivity index (χ1n) is 18.5. The van der Waals surface area contributed by atoms with E-state index in [0.29, 0.717) is 87.1 Å². The van der Waals surface area contributed by atoms with E-state index in [9.17, 15) is 19.5 Å². The SMILES string of the molecule is C#C[C@]1(O)CC[C@H]2[C@@H]3CC[C@H]4CC(=O)[C@@H](N5CCN(C(=O)[C@@H]6CCCN6C(=O)c6ccc7ccccc7n6)CC5)C[C@]4(C)[C@H]3CC[C@@]21C. The van der Waals surface area contributed by atoms with E-state index in [2.05, 4.69) is 29.7 Å². The van der Waals surface area contributed by atoms with Crippen LogP contribution in [0.1, 0.15) is 88.5 Å². The quantitative estimate of drug-likeness (QED) is 0.474. The minimum atomic E-state index is -1.00. The molecule has 2 aromatic rings. The highest BCUT2D eigenvalue weighted by molar-refractivity contribution is 5.98. The van der Waals surface area contributed by atoms with Crippen molar-refractivity contribution >= 4 is 28.5 Å². The van der Waals surface area contributed by atoms with Gasteiger partial charge in [0.15, 0.2) is 0 Å². The van der Waals surface area contributed by atoms with Crippen molar-refractivity contribution in [3.8, 4) is 12.3 Å². The number of terminal acetylenes is 1. The Morgan fingerprint density at radius 3 is 2.50 bits per heavy atom. The Morgan fingerprint density at radius 2 is 1.71 bits per heavy atom. The summed E-state index contributed by atoms with van der Waals surface area (Å²) < 4.78 is 0. The molecule has 1 aromatic carbocycles. The average molecular weight is 651 g/mol. The van der Waals surface area contributed by atoms with E-state index in [1.165, 1.54) is 0 Å². The summed E-state index contributed by atoms with van der Waals surface area (Å²) >= 11 is 0. The zero-order chi connectivity index (χ0) is 33.4. The smallest absolute Gasteiger partial charge is 0.273 e. The lowest BCUT2D eigenvalue weighted by molar-refractivity contribution is -0.158. The molecule has 4 aliphatic carbocycles. The minimum absolute atomic E-state index is 0.0205. The van der Waals surface area contributed by atoms with Gasteiger partial charge in [0.05, 0.1) is 11.6 Å². The van der Waals surface area contributed by atoms with Crippen molar-refractivity contribution in [1.82, 2.24) is 19.7 Å². The van der Waals surface area contributed by atoms with Gasteiger partial charge >= 0.3 is 0 Å². The van der Waals surface area contributed by atoms with Crippen molar-refractivity contribution in [1.29, 1.82) is 0 Å². The molecule has 2 aliphatic heterocycles. The van der Waals surface area contributed by atoms with Crippen molar-refractivity contribution in [3.05, 3.63) is 42.1 Å². The van der Waals surface area contributed by atoms with Gasteiger partial charge < -0.3 is 14.9 Å². The zero-order valence-corrected chi connectivity index (χ0v) is 28.6. The molecule has 1 aromatic heterocycles. The summed E-state index contributed by atoms with van der Waals surface area (Å²) in [7, 11) is 0. The molecule has 0 bridgehead atoms. The van der Waals surface area contributed by atoms with Gasteiger partial charge in [-0.3, -0.25) is 19.3 Å². The summed E-state index contributed by atoms with van der Waals surface area (Å²) in [6.07, 6.45) is 14.9. The molecule has 6 aliphatic rings. The summed E-state index contributed by atoms with van der Waals surface area (Å²) in [6.45, 7) is 7.78. The lowest BCUT2D eigenvalue weighted by Crippen LogP contribution is -2.62. The van der Waals surface area contributed by atoms with E-state index in [1.807, 2.05) is 35.2 Å². The third-order valence-electron chi connectivity index (χ3n) is 14.6. The summed E-state index contributed by atoms with van der Waals surface area (Å²) in [5, 5.41) is 12.4. The van der Waals surface area contributed by atoms with E-state index >= 15 is 0 Å². The molecule has 3 heterocycles. The lowest BCUT2D eigenvalue weighted by Gasteiger charge is -2.62. The predicted molar refractivity (Wildman–Crippen MR) is 184 cm³/mol. The van der Waals surface area contributed by atoms with Gasteiger partial charge in [0.2, 0.25) is 5.91 Å². The molecule has 0 spiro atoms. The van der Waals surface area contributed by atoms with Crippen LogP contribution >= 0.6 is 0 Å². The lowest BCUT2D eigenvalue weighted by atomic mass is 9.44. The number of aliphatic hydroxyl groups is 1. The minimum Gasteiger partial charge on any atom is -0.377 e. The molecule has 9 atom stereocenters. The number of ketones is 1. The van der Waals surface area contributed by atoms with Gasteiger partial charge in [-0.15, -0.1) is 6.42 Å². The fourth-order valence-electron chi connectivity index (χ4n) is 11.7. The number of likely N-dealkylation sites (tertiary alicyclic amines) is 1. The predicted octanol–water partition coefficient (Wildman–Crippen LogP) is 4.94. The van der Waals surface area contributed by atoms with Gasteiger partial charge in [-0.1, -0.05) is 44.0 Å². The van der Waals surface area contributed by atoms with Gasteiger partial charge in [-0.25, -0.2) is 4.98 Å². The van der Waals surface area contributed by atoms with E-state index in [0.717, 1.165) is 55.8 Å². The van der Waals surface area contributed by atoms with Crippen LogP contribution in [-0.4, -0.2) is 92.8 Å². The topological polar surface area (TPSA) is 94.0 Å². The van der Waals surface area contributed by atoms with Gasteiger partial charge in [0, 0.05) is 49.9 Å². The summed E-state index contributed by atoms with van der Waals surface area (Å²) in [4.78, 5) is 51.8. The standard InChI is InChI=1S/C40H50N4O4/c1-4-40(48)18-16-30-28-13-12-27-24-35(45)34(25-38(27,2)29(28)15-17-39(30,40)3)42-20-22-43(23-21-42)37(47)33-10-7-19-44(33)36(46)32-14-11-26-8-5-6-9-31(26)41-32/h1,5-6,8-9,11,14,27-30,33-34,48H,7,10,12-13,15-25H2,2-3H3/t27-,28+,29-,30-,33-,34-,38-,39-,40-/m0/s1. The maximum Gasteiger partial charge on any atom is 0.273 e. The van der Waals surface area contributed by atoms with Gasteiger partial charge in [0.25, 0.3) is 5.91 Å². The number of amides is 2. The van der Waals surface area contributed by atoms with Crippen molar-refractivity contribution in [2.75, 3.05) is 32.7 Å². The Hall–Kier alpha value is -3.28. The number of para-hydroxylation sites is 1. The molecule has 0 unspecified atom stereocenters. The third-order valence-corrected chi connectivity index (χ3v) is 14.6. The fraction of sp³-hybridized carbons (Fsp3) is 0.650. The van der Waals surface area contributed by atoms with Crippen LogP contribution in [0.3, 0.4) is 0 Å². The number of pyridine rings is 1. The monoisotopic (exact) mass is 650 g/mol. The maximum atomic E-state index is 13.9. The maximum absolute atomic E-state index is 13.9. The van der Waals surface area contributed by atoms with Crippen LogP contribution in [0.5, 0.6) is 0 Å². The Balaban J connectivity index is 0.927. The van der Waals surface area contributed by atoms with Crippen LogP contribution in [0.4, 0.5) is 0 Å². The molecule has 48 heavy (non-hydrogen) atoms. The molecule has 2 amide bonds. The van der Waals surface area contributed by atoms with Crippen molar-refractivity contribution in [3.63, 3.8) is 0 Å². The molecular formula is C40H50N4O4. The largest absolute Gasteiger partial charge is 0.377 e. The number of nitrogens with zero attached hydrogens (tertiary/aromatic N) is 4. The number of fused-ring (bicyclic) bond motifs is 6. The van der Waals surface area contributed by atoms with Crippen molar-refractivity contribution in [2.45, 2.75) is 95.7 Å². The van der Waals surface area contributed by atoms with Crippen molar-refractivity contribution in [2.24, 2.45) is 34.5 Å². The summed E-state index contributed by atoms with van der Waals surface area (Å²) in [5.41, 5.74) is 0.0318. The molecule has 8 rings (SSSR count). The molecule has 254 valence electrons. The van der Waals surface area contributed by atoms with Crippen LogP contribution < -0.4 is 0 Å². The molecule has 8 nitrogen and oxygen atoms in total. The highest BCUT2D eigenvalue weighted by Crippen LogP contribution is 2.68. The molecule has 1 N–H and O–H groups in total. The first-order chi connectivity index (χ1) is 23.1. The molecule has 6 fully saturated rings. The molecule has 4 saturated carbocycles. The fourth-order valence-corrected chi connectivity index (χ4v) is 11.7. The van der Waals surface area contributed by atoms with Gasteiger partial charge in [-0.2, -0.15) is 0 Å². The first-order valence-corrected chi connectivity index (χ1v) is 18.5.